The van der Waals surface area contributed by atoms with Crippen LogP contribution < -0.4 is 0 Å². The highest BCUT2D eigenvalue weighted by Gasteiger charge is 2.02. The molecule has 20 heavy (non-hydrogen) atoms. The number of nitrogens with zero attached hydrogens (tertiary/aromatic N) is 2. The Morgan fingerprint density at radius 3 is 2.20 bits per heavy atom. The van der Waals surface area contributed by atoms with Crippen LogP contribution in [-0.4, -0.2) is 9.97 Å². The number of aromatic nitrogens is 2. The minimum absolute atomic E-state index is 0.927. The molecule has 0 saturated heterocycles. The molecule has 3 heteroatoms. The summed E-state index contributed by atoms with van der Waals surface area (Å²) in [4.78, 5) is 8.92. The lowest BCUT2D eigenvalue weighted by Crippen LogP contribution is -1.87. The van der Waals surface area contributed by atoms with E-state index >= 15 is 0 Å². The molecule has 1 aromatic carbocycles. The molecule has 0 fully saturated rings. The molecule has 0 aliphatic heterocycles. The molecule has 0 atom stereocenters. The van der Waals surface area contributed by atoms with Crippen LogP contribution in [0.2, 0.25) is 0 Å². The Kier molecular flexibility index (Phi) is 3.61. The van der Waals surface area contributed by atoms with Gasteiger partial charge in [0.25, 0.3) is 0 Å². The first-order valence-electron chi connectivity index (χ1n) is 6.37. The van der Waals surface area contributed by atoms with E-state index in [0.717, 1.165) is 27.0 Å². The Labute approximate surface area is 126 Å². The maximum absolute atomic E-state index is 4.54. The third-order valence-electron chi connectivity index (χ3n) is 3.10. The van der Waals surface area contributed by atoms with E-state index in [1.807, 2.05) is 24.4 Å². The molecule has 0 N–H and O–H groups in total. The highest BCUT2D eigenvalue weighted by Crippen LogP contribution is 2.22. The topological polar surface area (TPSA) is 25.8 Å². The molecular formula is C17H13BrN2. The lowest BCUT2D eigenvalue weighted by molar-refractivity contribution is 1.27. The van der Waals surface area contributed by atoms with Crippen molar-refractivity contribution in [3.05, 3.63) is 71.0 Å². The average molecular weight is 325 g/mol. The Bertz CT molecular complexity index is 719. The van der Waals surface area contributed by atoms with E-state index in [1.54, 1.807) is 6.20 Å². The third-order valence-corrected chi connectivity index (χ3v) is 3.57. The Morgan fingerprint density at radius 1 is 0.800 bits per heavy atom. The quantitative estimate of drug-likeness (QED) is 0.671. The molecular weight excluding hydrogens is 312 g/mol. The summed E-state index contributed by atoms with van der Waals surface area (Å²) in [5.41, 5.74) is 5.31. The zero-order chi connectivity index (χ0) is 13.9. The maximum Gasteiger partial charge on any atom is 0.0718 e. The minimum Gasteiger partial charge on any atom is -0.256 e. The van der Waals surface area contributed by atoms with E-state index in [1.165, 1.54) is 5.56 Å². The molecule has 2 heterocycles. The van der Waals surface area contributed by atoms with Crippen molar-refractivity contribution >= 4 is 15.9 Å². The predicted octanol–water partition coefficient (Wildman–Crippen LogP) is 4.88. The number of pyridine rings is 2. The van der Waals surface area contributed by atoms with Crippen LogP contribution in [0, 0.1) is 6.92 Å². The van der Waals surface area contributed by atoms with Gasteiger partial charge < -0.3 is 0 Å². The second kappa shape index (κ2) is 5.55. The summed E-state index contributed by atoms with van der Waals surface area (Å²) >= 11 is 3.39. The third kappa shape index (κ3) is 2.78. The van der Waals surface area contributed by atoms with E-state index in [0.29, 0.717) is 0 Å². The smallest absolute Gasteiger partial charge is 0.0718 e. The van der Waals surface area contributed by atoms with Gasteiger partial charge >= 0.3 is 0 Å². The molecule has 3 rings (SSSR count). The van der Waals surface area contributed by atoms with Crippen LogP contribution in [0.25, 0.3) is 22.5 Å². The molecule has 0 aliphatic rings. The fourth-order valence-electron chi connectivity index (χ4n) is 2.07. The van der Waals surface area contributed by atoms with Crippen LogP contribution in [0.4, 0.5) is 0 Å². The number of hydrogen-bond acceptors (Lipinski definition) is 2. The molecule has 0 saturated carbocycles. The van der Waals surface area contributed by atoms with E-state index < -0.39 is 0 Å². The summed E-state index contributed by atoms with van der Waals surface area (Å²) in [5.74, 6) is 0. The van der Waals surface area contributed by atoms with Crippen molar-refractivity contribution in [1.82, 2.24) is 9.97 Å². The largest absolute Gasteiger partial charge is 0.256 e. The van der Waals surface area contributed by atoms with Gasteiger partial charge in [0.05, 0.1) is 11.4 Å². The van der Waals surface area contributed by atoms with Crippen molar-refractivity contribution in [3.63, 3.8) is 0 Å². The Morgan fingerprint density at radius 2 is 1.55 bits per heavy atom. The zero-order valence-electron chi connectivity index (χ0n) is 11.0. The first kappa shape index (κ1) is 13.0. The van der Waals surface area contributed by atoms with Gasteiger partial charge in [0.2, 0.25) is 0 Å². The Balaban J connectivity index is 1.93. The van der Waals surface area contributed by atoms with E-state index in [4.69, 9.17) is 0 Å². The molecule has 2 nitrogen and oxygen atoms in total. The summed E-state index contributed by atoms with van der Waals surface area (Å²) in [7, 11) is 0. The van der Waals surface area contributed by atoms with Gasteiger partial charge in [0.1, 0.15) is 0 Å². The summed E-state index contributed by atoms with van der Waals surface area (Å²) in [6.45, 7) is 2.09. The van der Waals surface area contributed by atoms with Crippen molar-refractivity contribution < 1.29 is 0 Å². The summed E-state index contributed by atoms with van der Waals surface area (Å²) in [6.07, 6.45) is 3.66. The normalized spacial score (nSPS) is 10.5. The number of benzene rings is 1. The van der Waals surface area contributed by atoms with Gasteiger partial charge in [0.15, 0.2) is 0 Å². The summed E-state index contributed by atoms with van der Waals surface area (Å²) in [6, 6.07) is 16.4. The molecule has 2 aromatic heterocycles. The standard InChI is InChI=1S/C17H13BrN2/c1-12-3-2-4-13(9-12)16-7-5-14(10-19-16)17-8-6-15(18)11-20-17/h2-11H,1H3. The first-order valence-corrected chi connectivity index (χ1v) is 7.17. The molecule has 3 aromatic rings. The molecule has 0 amide bonds. The van der Waals surface area contributed by atoms with Gasteiger partial charge in [-0.25, -0.2) is 0 Å². The van der Waals surface area contributed by atoms with Crippen LogP contribution in [0.15, 0.2) is 65.4 Å². The second-order valence-corrected chi connectivity index (χ2v) is 5.58. The fourth-order valence-corrected chi connectivity index (χ4v) is 2.30. The van der Waals surface area contributed by atoms with Gasteiger partial charge in [-0.1, -0.05) is 23.8 Å². The molecule has 0 radical (unpaired) electrons. The van der Waals surface area contributed by atoms with Crippen molar-refractivity contribution in [3.8, 4) is 22.5 Å². The van der Waals surface area contributed by atoms with E-state index in [2.05, 4.69) is 63.2 Å². The van der Waals surface area contributed by atoms with Gasteiger partial charge in [0, 0.05) is 28.0 Å². The zero-order valence-corrected chi connectivity index (χ0v) is 12.6. The van der Waals surface area contributed by atoms with Gasteiger partial charge in [-0.05, 0) is 53.2 Å². The molecule has 98 valence electrons. The van der Waals surface area contributed by atoms with E-state index in [9.17, 15) is 0 Å². The van der Waals surface area contributed by atoms with Gasteiger partial charge in [-0.15, -0.1) is 0 Å². The Hall–Kier alpha value is -2.00. The SMILES string of the molecule is Cc1cccc(-c2ccc(-c3ccc(Br)cn3)cn2)c1. The molecule has 0 spiro atoms. The van der Waals surface area contributed by atoms with Crippen LogP contribution in [0.1, 0.15) is 5.56 Å². The van der Waals surface area contributed by atoms with Gasteiger partial charge in [-0.2, -0.15) is 0 Å². The first-order chi connectivity index (χ1) is 9.72. The van der Waals surface area contributed by atoms with Crippen molar-refractivity contribution in [1.29, 1.82) is 0 Å². The lowest BCUT2D eigenvalue weighted by Gasteiger charge is -2.04. The van der Waals surface area contributed by atoms with Crippen LogP contribution in [0.3, 0.4) is 0 Å². The number of halogens is 1. The van der Waals surface area contributed by atoms with Crippen LogP contribution in [-0.2, 0) is 0 Å². The van der Waals surface area contributed by atoms with Crippen LogP contribution in [0.5, 0.6) is 0 Å². The number of rotatable bonds is 2. The summed E-state index contributed by atoms with van der Waals surface area (Å²) in [5, 5.41) is 0. The molecule has 0 unspecified atom stereocenters. The maximum atomic E-state index is 4.54. The van der Waals surface area contributed by atoms with Gasteiger partial charge in [-0.3, -0.25) is 9.97 Å². The minimum atomic E-state index is 0.927. The molecule has 0 bridgehead atoms. The average Bonchev–Trinajstić information content (AvgIpc) is 2.48. The number of hydrogen-bond donors (Lipinski definition) is 0. The van der Waals surface area contributed by atoms with Crippen molar-refractivity contribution in [2.75, 3.05) is 0 Å². The molecule has 0 aliphatic carbocycles. The van der Waals surface area contributed by atoms with Crippen molar-refractivity contribution in [2.45, 2.75) is 6.92 Å². The number of aryl methyl sites for hydroxylation is 1. The highest BCUT2D eigenvalue weighted by atomic mass is 79.9. The fraction of sp³-hybridized carbons (Fsp3) is 0.0588. The lowest BCUT2D eigenvalue weighted by atomic mass is 10.1. The van der Waals surface area contributed by atoms with Crippen LogP contribution >= 0.6 is 15.9 Å². The highest BCUT2D eigenvalue weighted by molar-refractivity contribution is 9.10. The predicted molar refractivity (Wildman–Crippen MR) is 85.3 cm³/mol. The van der Waals surface area contributed by atoms with Crippen molar-refractivity contribution in [2.24, 2.45) is 0 Å². The second-order valence-electron chi connectivity index (χ2n) is 4.66. The van der Waals surface area contributed by atoms with E-state index in [-0.39, 0.29) is 0 Å². The monoisotopic (exact) mass is 324 g/mol. The summed E-state index contributed by atoms with van der Waals surface area (Å²) < 4.78 is 0.977.